The van der Waals surface area contributed by atoms with Crippen molar-refractivity contribution >= 4 is 0 Å². The second-order valence-electron chi connectivity index (χ2n) is 4.61. The van der Waals surface area contributed by atoms with Crippen molar-refractivity contribution in [3.8, 4) is 0 Å². The van der Waals surface area contributed by atoms with Gasteiger partial charge in [-0.05, 0) is 5.56 Å². The molecule has 0 aromatic heterocycles. The molecule has 0 heterocycles. The van der Waals surface area contributed by atoms with Crippen LogP contribution in [0.2, 0.25) is 0 Å². The number of aliphatic hydroxyl groups excluding tert-OH is 2. The molecule has 0 aliphatic carbocycles. The standard InChI is InChI=1S/C14H20O2/c1-4-11(10-15)13(16)14(2,3)12-8-6-5-7-9-12/h4-9,11,13,15-16H,1,10H2,2-3H3/t11-,13-/m1/s1. The monoisotopic (exact) mass is 220 g/mol. The van der Waals surface area contributed by atoms with Crippen LogP contribution in [0.1, 0.15) is 19.4 Å². The zero-order valence-corrected chi connectivity index (χ0v) is 9.93. The van der Waals surface area contributed by atoms with Gasteiger partial charge in [0.1, 0.15) is 0 Å². The summed E-state index contributed by atoms with van der Waals surface area (Å²) in [4.78, 5) is 0. The fourth-order valence-corrected chi connectivity index (χ4v) is 1.88. The molecule has 0 aliphatic rings. The van der Waals surface area contributed by atoms with Crippen LogP contribution < -0.4 is 0 Å². The third-order valence-corrected chi connectivity index (χ3v) is 3.18. The first kappa shape index (κ1) is 12.9. The molecule has 1 rings (SSSR count). The summed E-state index contributed by atoms with van der Waals surface area (Å²) in [7, 11) is 0. The molecule has 0 spiro atoms. The number of benzene rings is 1. The fourth-order valence-electron chi connectivity index (χ4n) is 1.88. The quantitative estimate of drug-likeness (QED) is 0.746. The summed E-state index contributed by atoms with van der Waals surface area (Å²) in [6, 6.07) is 9.82. The maximum absolute atomic E-state index is 10.3. The van der Waals surface area contributed by atoms with Crippen LogP contribution in [0.15, 0.2) is 43.0 Å². The summed E-state index contributed by atoms with van der Waals surface area (Å²) in [5.41, 5.74) is 0.658. The van der Waals surface area contributed by atoms with E-state index in [9.17, 15) is 10.2 Å². The van der Waals surface area contributed by atoms with Crippen molar-refractivity contribution < 1.29 is 10.2 Å². The van der Waals surface area contributed by atoms with Crippen LogP contribution in [-0.4, -0.2) is 22.9 Å². The number of hydrogen-bond donors (Lipinski definition) is 2. The van der Waals surface area contributed by atoms with E-state index in [2.05, 4.69) is 6.58 Å². The second kappa shape index (κ2) is 5.28. The molecule has 88 valence electrons. The minimum atomic E-state index is -0.641. The molecule has 0 saturated heterocycles. The van der Waals surface area contributed by atoms with E-state index in [0.29, 0.717) is 0 Å². The highest BCUT2D eigenvalue weighted by Crippen LogP contribution is 2.31. The minimum absolute atomic E-state index is 0.0824. The lowest BCUT2D eigenvalue weighted by molar-refractivity contribution is 0.0371. The third kappa shape index (κ3) is 2.52. The Bertz CT molecular complexity index is 330. The van der Waals surface area contributed by atoms with E-state index in [4.69, 9.17) is 0 Å². The van der Waals surface area contributed by atoms with Crippen molar-refractivity contribution in [2.75, 3.05) is 6.61 Å². The fraction of sp³-hybridized carbons (Fsp3) is 0.429. The number of hydrogen-bond acceptors (Lipinski definition) is 2. The van der Waals surface area contributed by atoms with Crippen LogP contribution in [0.5, 0.6) is 0 Å². The van der Waals surface area contributed by atoms with Crippen LogP contribution in [0.3, 0.4) is 0 Å². The van der Waals surface area contributed by atoms with E-state index in [1.54, 1.807) is 6.08 Å². The molecule has 0 unspecified atom stereocenters. The molecule has 0 amide bonds. The SMILES string of the molecule is C=C[C@H](CO)[C@@H](O)C(C)(C)c1ccccc1. The summed E-state index contributed by atoms with van der Waals surface area (Å²) >= 11 is 0. The van der Waals surface area contributed by atoms with Gasteiger partial charge >= 0.3 is 0 Å². The first-order valence-corrected chi connectivity index (χ1v) is 5.51. The maximum Gasteiger partial charge on any atom is 0.0715 e. The molecule has 0 bridgehead atoms. The first-order chi connectivity index (χ1) is 7.54. The van der Waals surface area contributed by atoms with Gasteiger partial charge in [0.25, 0.3) is 0 Å². The molecule has 2 nitrogen and oxygen atoms in total. The Morgan fingerprint density at radius 2 is 1.88 bits per heavy atom. The van der Waals surface area contributed by atoms with Gasteiger partial charge in [-0.3, -0.25) is 0 Å². The summed E-state index contributed by atoms with van der Waals surface area (Å²) in [5, 5.41) is 19.4. The van der Waals surface area contributed by atoms with E-state index >= 15 is 0 Å². The lowest BCUT2D eigenvalue weighted by Crippen LogP contribution is -2.40. The highest BCUT2D eigenvalue weighted by molar-refractivity contribution is 5.25. The molecule has 16 heavy (non-hydrogen) atoms. The van der Waals surface area contributed by atoms with Crippen LogP contribution >= 0.6 is 0 Å². The van der Waals surface area contributed by atoms with Gasteiger partial charge < -0.3 is 10.2 Å². The highest BCUT2D eigenvalue weighted by atomic mass is 16.3. The zero-order valence-electron chi connectivity index (χ0n) is 9.93. The molecular weight excluding hydrogens is 200 g/mol. The van der Waals surface area contributed by atoms with Crippen LogP contribution in [0.4, 0.5) is 0 Å². The Morgan fingerprint density at radius 1 is 1.31 bits per heavy atom. The van der Waals surface area contributed by atoms with Gasteiger partial charge in [0, 0.05) is 11.3 Å². The predicted octanol–water partition coefficient (Wildman–Crippen LogP) is 2.12. The lowest BCUT2D eigenvalue weighted by atomic mass is 9.74. The van der Waals surface area contributed by atoms with Crippen molar-refractivity contribution in [2.45, 2.75) is 25.4 Å². The highest BCUT2D eigenvalue weighted by Gasteiger charge is 2.33. The average molecular weight is 220 g/mol. The van der Waals surface area contributed by atoms with E-state index in [-0.39, 0.29) is 12.5 Å². The van der Waals surface area contributed by atoms with Crippen LogP contribution in [-0.2, 0) is 5.41 Å². The smallest absolute Gasteiger partial charge is 0.0715 e. The Kier molecular flexibility index (Phi) is 4.27. The van der Waals surface area contributed by atoms with Gasteiger partial charge in [-0.2, -0.15) is 0 Å². The van der Waals surface area contributed by atoms with E-state index in [1.807, 2.05) is 44.2 Å². The Morgan fingerprint density at radius 3 is 2.31 bits per heavy atom. The molecule has 0 aliphatic heterocycles. The summed E-state index contributed by atoms with van der Waals surface area (Å²) in [6.07, 6.45) is 0.965. The normalized spacial score (nSPS) is 15.5. The average Bonchev–Trinajstić information content (AvgIpc) is 2.31. The zero-order chi connectivity index (χ0) is 12.2. The van der Waals surface area contributed by atoms with Crippen molar-refractivity contribution in [3.63, 3.8) is 0 Å². The molecular formula is C14H20O2. The molecule has 1 aromatic rings. The Labute approximate surface area is 97.2 Å². The summed E-state index contributed by atoms with van der Waals surface area (Å²) in [6.45, 7) is 7.50. The molecule has 2 heteroatoms. The second-order valence-corrected chi connectivity index (χ2v) is 4.61. The van der Waals surface area contributed by atoms with Gasteiger partial charge in [-0.1, -0.05) is 50.3 Å². The molecule has 0 saturated carbocycles. The van der Waals surface area contributed by atoms with E-state index in [1.165, 1.54) is 0 Å². The number of rotatable bonds is 5. The van der Waals surface area contributed by atoms with Crippen molar-refractivity contribution in [2.24, 2.45) is 5.92 Å². The van der Waals surface area contributed by atoms with Crippen LogP contribution in [0.25, 0.3) is 0 Å². The van der Waals surface area contributed by atoms with Gasteiger partial charge in [0.15, 0.2) is 0 Å². The van der Waals surface area contributed by atoms with E-state index < -0.39 is 11.5 Å². The van der Waals surface area contributed by atoms with Crippen molar-refractivity contribution in [1.29, 1.82) is 0 Å². The molecule has 2 atom stereocenters. The van der Waals surface area contributed by atoms with Gasteiger partial charge in [-0.25, -0.2) is 0 Å². The largest absolute Gasteiger partial charge is 0.396 e. The Hall–Kier alpha value is -1.12. The van der Waals surface area contributed by atoms with Crippen molar-refractivity contribution in [3.05, 3.63) is 48.6 Å². The lowest BCUT2D eigenvalue weighted by Gasteiger charge is -2.34. The summed E-state index contributed by atoms with van der Waals surface area (Å²) < 4.78 is 0. The van der Waals surface area contributed by atoms with Crippen molar-refractivity contribution in [1.82, 2.24) is 0 Å². The minimum Gasteiger partial charge on any atom is -0.396 e. The number of aliphatic hydroxyl groups is 2. The topological polar surface area (TPSA) is 40.5 Å². The molecule has 0 radical (unpaired) electrons. The first-order valence-electron chi connectivity index (χ1n) is 5.51. The van der Waals surface area contributed by atoms with Gasteiger partial charge in [0.2, 0.25) is 0 Å². The van der Waals surface area contributed by atoms with Gasteiger partial charge in [-0.15, -0.1) is 6.58 Å². The molecule has 1 aromatic carbocycles. The van der Waals surface area contributed by atoms with Crippen LogP contribution in [0, 0.1) is 5.92 Å². The van der Waals surface area contributed by atoms with E-state index in [0.717, 1.165) is 5.56 Å². The predicted molar refractivity (Wildman–Crippen MR) is 66.2 cm³/mol. The molecule has 0 fully saturated rings. The van der Waals surface area contributed by atoms with Gasteiger partial charge in [0.05, 0.1) is 12.7 Å². The third-order valence-electron chi connectivity index (χ3n) is 3.18. The maximum atomic E-state index is 10.3. The summed E-state index contributed by atoms with van der Waals surface area (Å²) in [5.74, 6) is -0.296. The molecule has 2 N–H and O–H groups in total. The Balaban J connectivity index is 2.97.